The van der Waals surface area contributed by atoms with E-state index < -0.39 is 0 Å². The third-order valence-corrected chi connectivity index (χ3v) is 4.15. The molecule has 3 aromatic heterocycles. The minimum absolute atomic E-state index is 0.0507. The molecule has 0 fully saturated rings. The standard InChI is InChI=1S/C12H14N4O2S/c1-7-14-11-10(19-7)8-6-13-16(4-3-5-17)12(18)9(8)15(11)2/h6,17H,3-5H2,1-2H3. The summed E-state index contributed by atoms with van der Waals surface area (Å²) in [6.07, 6.45) is 2.24. The first-order valence-corrected chi connectivity index (χ1v) is 6.87. The van der Waals surface area contributed by atoms with Crippen LogP contribution in [0.2, 0.25) is 0 Å². The average molecular weight is 278 g/mol. The number of nitrogens with zero attached hydrogens (tertiary/aromatic N) is 4. The summed E-state index contributed by atoms with van der Waals surface area (Å²) in [6.45, 7) is 2.43. The van der Waals surface area contributed by atoms with Gasteiger partial charge >= 0.3 is 0 Å². The van der Waals surface area contributed by atoms with Crippen molar-refractivity contribution in [1.82, 2.24) is 19.3 Å². The molecule has 3 rings (SSSR count). The van der Waals surface area contributed by atoms with Crippen LogP contribution >= 0.6 is 11.3 Å². The second kappa shape index (κ2) is 4.43. The first kappa shape index (κ1) is 12.3. The molecule has 0 saturated carbocycles. The molecule has 0 saturated heterocycles. The molecular formula is C12H14N4O2S. The molecule has 0 spiro atoms. The maximum atomic E-state index is 12.4. The zero-order chi connectivity index (χ0) is 13.6. The summed E-state index contributed by atoms with van der Waals surface area (Å²) in [4.78, 5) is 16.8. The summed E-state index contributed by atoms with van der Waals surface area (Å²) in [7, 11) is 1.85. The first-order valence-electron chi connectivity index (χ1n) is 6.06. The molecule has 0 amide bonds. The van der Waals surface area contributed by atoms with Crippen molar-refractivity contribution < 1.29 is 5.11 Å². The molecule has 7 heteroatoms. The van der Waals surface area contributed by atoms with Crippen molar-refractivity contribution in [3.05, 3.63) is 21.6 Å². The summed E-state index contributed by atoms with van der Waals surface area (Å²) in [5.41, 5.74) is 1.33. The van der Waals surface area contributed by atoms with Crippen molar-refractivity contribution in [2.45, 2.75) is 19.9 Å². The van der Waals surface area contributed by atoms with E-state index in [0.29, 0.717) is 18.5 Å². The van der Waals surface area contributed by atoms with Gasteiger partial charge in [-0.3, -0.25) is 4.79 Å². The van der Waals surface area contributed by atoms with Gasteiger partial charge in [0.1, 0.15) is 5.52 Å². The Labute approximate surface area is 112 Å². The Morgan fingerprint density at radius 2 is 2.26 bits per heavy atom. The van der Waals surface area contributed by atoms with Gasteiger partial charge in [-0.1, -0.05) is 0 Å². The molecule has 0 atom stereocenters. The Morgan fingerprint density at radius 1 is 1.47 bits per heavy atom. The van der Waals surface area contributed by atoms with E-state index in [1.807, 2.05) is 18.5 Å². The fourth-order valence-corrected chi connectivity index (χ4v) is 3.23. The molecule has 19 heavy (non-hydrogen) atoms. The zero-order valence-electron chi connectivity index (χ0n) is 10.8. The van der Waals surface area contributed by atoms with E-state index in [4.69, 9.17) is 5.11 Å². The van der Waals surface area contributed by atoms with E-state index in [1.54, 1.807) is 17.5 Å². The Morgan fingerprint density at radius 3 is 3.00 bits per heavy atom. The lowest BCUT2D eigenvalue weighted by molar-refractivity contribution is 0.275. The van der Waals surface area contributed by atoms with Gasteiger partial charge in [0.05, 0.1) is 15.9 Å². The van der Waals surface area contributed by atoms with Crippen LogP contribution in [0.25, 0.3) is 21.3 Å². The van der Waals surface area contributed by atoms with Gasteiger partial charge in [-0.25, -0.2) is 9.67 Å². The van der Waals surface area contributed by atoms with Gasteiger partial charge in [-0.05, 0) is 13.3 Å². The number of rotatable bonds is 3. The molecule has 0 aliphatic carbocycles. The van der Waals surface area contributed by atoms with Crippen molar-refractivity contribution in [2.75, 3.05) is 6.61 Å². The fraction of sp³-hybridized carbons (Fsp3) is 0.417. The van der Waals surface area contributed by atoms with Crippen LogP contribution in [0, 0.1) is 6.92 Å². The van der Waals surface area contributed by atoms with Gasteiger partial charge in [0.25, 0.3) is 5.56 Å². The van der Waals surface area contributed by atoms with Gasteiger partial charge in [0, 0.05) is 25.6 Å². The number of aryl methyl sites for hydroxylation is 3. The molecular weight excluding hydrogens is 264 g/mol. The third-order valence-electron chi connectivity index (χ3n) is 3.16. The fourth-order valence-electron chi connectivity index (χ4n) is 2.27. The minimum Gasteiger partial charge on any atom is -0.396 e. The van der Waals surface area contributed by atoms with Crippen molar-refractivity contribution >= 4 is 32.6 Å². The van der Waals surface area contributed by atoms with Crippen LogP contribution in [0.15, 0.2) is 11.0 Å². The van der Waals surface area contributed by atoms with E-state index in [2.05, 4.69) is 10.1 Å². The van der Waals surface area contributed by atoms with Crippen molar-refractivity contribution in [1.29, 1.82) is 0 Å². The lowest BCUT2D eigenvalue weighted by atomic mass is 10.3. The van der Waals surface area contributed by atoms with Crippen LogP contribution in [0.3, 0.4) is 0 Å². The van der Waals surface area contributed by atoms with Gasteiger partial charge in [-0.2, -0.15) is 5.10 Å². The zero-order valence-corrected chi connectivity index (χ0v) is 11.6. The van der Waals surface area contributed by atoms with Crippen molar-refractivity contribution in [3.63, 3.8) is 0 Å². The third kappa shape index (κ3) is 1.77. The van der Waals surface area contributed by atoms with Crippen LogP contribution in [0.5, 0.6) is 0 Å². The van der Waals surface area contributed by atoms with E-state index in [-0.39, 0.29) is 12.2 Å². The topological polar surface area (TPSA) is 72.9 Å². The molecule has 1 N–H and O–H groups in total. The number of thiazole rings is 1. The van der Waals surface area contributed by atoms with Crippen LogP contribution in [0.1, 0.15) is 11.4 Å². The molecule has 100 valence electrons. The Balaban J connectivity index is 2.31. The van der Waals surface area contributed by atoms with Crippen molar-refractivity contribution in [3.8, 4) is 0 Å². The van der Waals surface area contributed by atoms with Gasteiger partial charge < -0.3 is 9.67 Å². The second-order valence-electron chi connectivity index (χ2n) is 4.46. The minimum atomic E-state index is -0.128. The quantitative estimate of drug-likeness (QED) is 0.777. The molecule has 0 unspecified atom stereocenters. The number of hydrogen-bond donors (Lipinski definition) is 1. The largest absolute Gasteiger partial charge is 0.396 e. The molecule has 0 aromatic carbocycles. The van der Waals surface area contributed by atoms with Crippen molar-refractivity contribution in [2.24, 2.45) is 7.05 Å². The monoisotopic (exact) mass is 278 g/mol. The predicted molar refractivity (Wildman–Crippen MR) is 74.6 cm³/mol. The van der Waals surface area contributed by atoms with E-state index >= 15 is 0 Å². The maximum absolute atomic E-state index is 12.4. The van der Waals surface area contributed by atoms with Gasteiger partial charge in [0.15, 0.2) is 5.65 Å². The second-order valence-corrected chi connectivity index (χ2v) is 5.66. The van der Waals surface area contributed by atoms with Gasteiger partial charge in [0.2, 0.25) is 0 Å². The normalized spacial score (nSPS) is 11.7. The molecule has 3 heterocycles. The molecule has 0 aliphatic heterocycles. The molecule has 3 aromatic rings. The highest BCUT2D eigenvalue weighted by Crippen LogP contribution is 2.30. The number of fused-ring (bicyclic) bond motifs is 3. The number of aliphatic hydroxyl groups is 1. The molecule has 0 bridgehead atoms. The summed E-state index contributed by atoms with van der Waals surface area (Å²) in [6, 6.07) is 0. The Bertz CT molecular complexity index is 814. The molecule has 0 radical (unpaired) electrons. The Hall–Kier alpha value is -1.73. The average Bonchev–Trinajstić information content (AvgIpc) is 2.88. The van der Waals surface area contributed by atoms with E-state index in [9.17, 15) is 4.79 Å². The van der Waals surface area contributed by atoms with E-state index in [0.717, 1.165) is 20.7 Å². The SMILES string of the molecule is Cc1nc2c(s1)c1cnn(CCCO)c(=O)c1n2C. The lowest BCUT2D eigenvalue weighted by Crippen LogP contribution is -2.24. The first-order chi connectivity index (χ1) is 9.13. The number of aliphatic hydroxyl groups excluding tert-OH is 1. The Kier molecular flexibility index (Phi) is 2.87. The molecule has 0 aliphatic rings. The molecule has 6 nitrogen and oxygen atoms in total. The number of aromatic nitrogens is 4. The predicted octanol–water partition coefficient (Wildman–Crippen LogP) is 1.04. The smallest absolute Gasteiger partial charge is 0.291 e. The number of hydrogen-bond acceptors (Lipinski definition) is 5. The highest BCUT2D eigenvalue weighted by Gasteiger charge is 2.16. The summed E-state index contributed by atoms with van der Waals surface area (Å²) in [5, 5.41) is 14.9. The van der Waals surface area contributed by atoms with Gasteiger partial charge in [-0.15, -0.1) is 11.3 Å². The van der Waals surface area contributed by atoms with Crippen LogP contribution in [0.4, 0.5) is 0 Å². The van der Waals surface area contributed by atoms with E-state index in [1.165, 1.54) is 4.68 Å². The van der Waals surface area contributed by atoms with Crippen LogP contribution in [-0.2, 0) is 13.6 Å². The van der Waals surface area contributed by atoms with Crippen LogP contribution in [-0.4, -0.2) is 31.0 Å². The summed E-state index contributed by atoms with van der Waals surface area (Å²) in [5.74, 6) is 0. The maximum Gasteiger partial charge on any atom is 0.291 e. The summed E-state index contributed by atoms with van der Waals surface area (Å²) < 4.78 is 4.23. The lowest BCUT2D eigenvalue weighted by Gasteiger charge is -2.03. The highest BCUT2D eigenvalue weighted by atomic mass is 32.1. The summed E-state index contributed by atoms with van der Waals surface area (Å²) >= 11 is 1.57. The van der Waals surface area contributed by atoms with Crippen LogP contribution < -0.4 is 5.56 Å². The highest BCUT2D eigenvalue weighted by molar-refractivity contribution is 7.19.